The third kappa shape index (κ3) is 3.21. The molecule has 0 amide bonds. The van der Waals surface area contributed by atoms with E-state index in [0.717, 1.165) is 19.7 Å². The van der Waals surface area contributed by atoms with Gasteiger partial charge in [0.25, 0.3) is 0 Å². The van der Waals surface area contributed by atoms with Gasteiger partial charge in [0.2, 0.25) is 0 Å². The fourth-order valence-corrected chi connectivity index (χ4v) is 3.06. The van der Waals surface area contributed by atoms with E-state index >= 15 is 0 Å². The summed E-state index contributed by atoms with van der Waals surface area (Å²) >= 11 is 0. The lowest BCUT2D eigenvalue weighted by Gasteiger charge is -2.37. The molecule has 2 heterocycles. The molecule has 0 spiro atoms. The van der Waals surface area contributed by atoms with E-state index in [1.165, 1.54) is 32.2 Å². The monoisotopic (exact) mass is 240 g/mol. The lowest BCUT2D eigenvalue weighted by atomic mass is 9.97. The van der Waals surface area contributed by atoms with Crippen LogP contribution in [-0.4, -0.2) is 48.8 Å². The summed E-state index contributed by atoms with van der Waals surface area (Å²) in [4.78, 5) is 2.64. The quantitative estimate of drug-likeness (QED) is 0.817. The molecule has 3 heteroatoms. The molecule has 100 valence electrons. The van der Waals surface area contributed by atoms with Gasteiger partial charge >= 0.3 is 0 Å². The Morgan fingerprint density at radius 3 is 2.94 bits per heavy atom. The van der Waals surface area contributed by atoms with Crippen LogP contribution in [0.15, 0.2) is 0 Å². The van der Waals surface area contributed by atoms with Gasteiger partial charge in [-0.2, -0.15) is 0 Å². The second-order valence-corrected chi connectivity index (χ2v) is 5.96. The highest BCUT2D eigenvalue weighted by atomic mass is 16.5. The van der Waals surface area contributed by atoms with Crippen LogP contribution in [0.4, 0.5) is 0 Å². The Morgan fingerprint density at radius 2 is 2.29 bits per heavy atom. The van der Waals surface area contributed by atoms with Crippen LogP contribution in [0.25, 0.3) is 0 Å². The molecule has 17 heavy (non-hydrogen) atoms. The summed E-state index contributed by atoms with van der Waals surface area (Å²) in [6.45, 7) is 11.5. The van der Waals surface area contributed by atoms with E-state index in [1.807, 2.05) is 0 Å². The van der Waals surface area contributed by atoms with Crippen molar-refractivity contribution in [2.75, 3.05) is 26.2 Å². The van der Waals surface area contributed by atoms with Crippen molar-refractivity contribution < 1.29 is 4.74 Å². The smallest absolute Gasteiger partial charge is 0.0728 e. The van der Waals surface area contributed by atoms with Gasteiger partial charge < -0.3 is 10.1 Å². The molecule has 0 aliphatic carbocycles. The van der Waals surface area contributed by atoms with Gasteiger partial charge in [0, 0.05) is 24.7 Å². The average Bonchev–Trinajstić information content (AvgIpc) is 2.79. The number of rotatable bonds is 3. The largest absolute Gasteiger partial charge is 0.377 e. The maximum Gasteiger partial charge on any atom is 0.0728 e. The fraction of sp³-hybridized carbons (Fsp3) is 1.00. The highest BCUT2D eigenvalue weighted by Crippen LogP contribution is 2.23. The van der Waals surface area contributed by atoms with Crippen LogP contribution >= 0.6 is 0 Å². The molecule has 0 radical (unpaired) electrons. The van der Waals surface area contributed by atoms with Crippen molar-refractivity contribution in [1.29, 1.82) is 0 Å². The summed E-state index contributed by atoms with van der Waals surface area (Å²) in [6.07, 6.45) is 5.41. The zero-order valence-corrected chi connectivity index (χ0v) is 11.7. The zero-order valence-electron chi connectivity index (χ0n) is 11.7. The minimum atomic E-state index is 0.281. The normalized spacial score (nSPS) is 37.9. The lowest BCUT2D eigenvalue weighted by Crippen LogP contribution is -2.52. The number of hydrogen-bond donors (Lipinski definition) is 1. The van der Waals surface area contributed by atoms with Gasteiger partial charge in [0.05, 0.1) is 6.10 Å². The van der Waals surface area contributed by atoms with Crippen LogP contribution < -0.4 is 5.32 Å². The van der Waals surface area contributed by atoms with E-state index < -0.39 is 0 Å². The first-order valence-corrected chi connectivity index (χ1v) is 7.25. The molecule has 0 aromatic heterocycles. The fourth-order valence-electron chi connectivity index (χ4n) is 3.06. The maximum absolute atomic E-state index is 5.85. The minimum Gasteiger partial charge on any atom is -0.377 e. The maximum atomic E-state index is 5.85. The number of nitrogens with one attached hydrogen (secondary N) is 1. The Labute approximate surface area is 106 Å². The third-order valence-electron chi connectivity index (χ3n) is 4.59. The second-order valence-electron chi connectivity index (χ2n) is 5.96. The predicted molar refractivity (Wildman–Crippen MR) is 71.3 cm³/mol. The van der Waals surface area contributed by atoms with Crippen LogP contribution in [0, 0.1) is 0 Å². The highest BCUT2D eigenvalue weighted by molar-refractivity contribution is 4.91. The molecule has 2 rings (SSSR count). The van der Waals surface area contributed by atoms with Crippen molar-refractivity contribution in [2.24, 2.45) is 0 Å². The first kappa shape index (κ1) is 13.3. The predicted octanol–water partition coefficient (Wildman–Crippen LogP) is 2.02. The molecule has 3 atom stereocenters. The molecular weight excluding hydrogens is 212 g/mol. The van der Waals surface area contributed by atoms with E-state index in [0.29, 0.717) is 12.1 Å². The van der Waals surface area contributed by atoms with E-state index in [9.17, 15) is 0 Å². The highest BCUT2D eigenvalue weighted by Gasteiger charge is 2.33. The van der Waals surface area contributed by atoms with Crippen LogP contribution in [0.2, 0.25) is 0 Å². The van der Waals surface area contributed by atoms with Crippen molar-refractivity contribution in [2.45, 2.75) is 64.1 Å². The Hall–Kier alpha value is -0.120. The first-order valence-electron chi connectivity index (χ1n) is 7.25. The molecule has 0 aromatic carbocycles. The summed E-state index contributed by atoms with van der Waals surface area (Å²) in [5, 5.41) is 3.70. The van der Waals surface area contributed by atoms with Crippen molar-refractivity contribution in [3.05, 3.63) is 0 Å². The Kier molecular flexibility index (Phi) is 4.45. The van der Waals surface area contributed by atoms with Crippen LogP contribution in [0.3, 0.4) is 0 Å². The van der Waals surface area contributed by atoms with Crippen molar-refractivity contribution in [1.82, 2.24) is 10.2 Å². The van der Waals surface area contributed by atoms with Gasteiger partial charge in [-0.3, -0.25) is 4.90 Å². The molecule has 3 unspecified atom stereocenters. The third-order valence-corrected chi connectivity index (χ3v) is 4.59. The SMILES string of the molecule is CCC1(C)CN(C(C)C2CCCO2)CCCN1. The molecule has 0 aromatic rings. The van der Waals surface area contributed by atoms with Crippen molar-refractivity contribution in [3.8, 4) is 0 Å². The van der Waals surface area contributed by atoms with Crippen LogP contribution in [-0.2, 0) is 4.74 Å². The van der Waals surface area contributed by atoms with Gasteiger partial charge in [-0.15, -0.1) is 0 Å². The van der Waals surface area contributed by atoms with Gasteiger partial charge in [-0.25, -0.2) is 0 Å². The summed E-state index contributed by atoms with van der Waals surface area (Å²) < 4.78 is 5.85. The Morgan fingerprint density at radius 1 is 1.47 bits per heavy atom. The second kappa shape index (κ2) is 5.68. The van der Waals surface area contributed by atoms with Crippen LogP contribution in [0.5, 0.6) is 0 Å². The van der Waals surface area contributed by atoms with Crippen molar-refractivity contribution in [3.63, 3.8) is 0 Å². The zero-order chi connectivity index (χ0) is 12.3. The van der Waals surface area contributed by atoms with E-state index in [1.54, 1.807) is 0 Å². The van der Waals surface area contributed by atoms with Gasteiger partial charge in [0.1, 0.15) is 0 Å². The molecule has 2 fully saturated rings. The van der Waals surface area contributed by atoms with Gasteiger partial charge in [0.15, 0.2) is 0 Å². The Balaban J connectivity index is 1.97. The van der Waals surface area contributed by atoms with E-state index in [-0.39, 0.29) is 5.54 Å². The number of ether oxygens (including phenoxy) is 1. The molecule has 3 nitrogen and oxygen atoms in total. The topological polar surface area (TPSA) is 24.5 Å². The Bertz CT molecular complexity index is 240. The molecule has 0 bridgehead atoms. The van der Waals surface area contributed by atoms with Gasteiger partial charge in [-0.1, -0.05) is 6.92 Å². The summed E-state index contributed by atoms with van der Waals surface area (Å²) in [6, 6.07) is 0.572. The standard InChI is InChI=1S/C14H28N2O/c1-4-14(3)11-16(9-6-8-15-14)12(2)13-7-5-10-17-13/h12-13,15H,4-11H2,1-3H3. The number of nitrogens with zero attached hydrogens (tertiary/aromatic N) is 1. The molecule has 2 saturated heterocycles. The molecule has 2 aliphatic rings. The molecule has 0 saturated carbocycles. The number of hydrogen-bond acceptors (Lipinski definition) is 3. The van der Waals surface area contributed by atoms with Crippen LogP contribution in [0.1, 0.15) is 46.5 Å². The molecular formula is C14H28N2O. The van der Waals surface area contributed by atoms with E-state index in [4.69, 9.17) is 4.74 Å². The van der Waals surface area contributed by atoms with Crippen molar-refractivity contribution >= 4 is 0 Å². The minimum absolute atomic E-state index is 0.281. The van der Waals surface area contributed by atoms with E-state index in [2.05, 4.69) is 31.0 Å². The summed E-state index contributed by atoms with van der Waals surface area (Å²) in [5.41, 5.74) is 0.281. The average molecular weight is 240 g/mol. The van der Waals surface area contributed by atoms with Gasteiger partial charge in [-0.05, 0) is 52.6 Å². The molecule has 2 aliphatic heterocycles. The summed E-state index contributed by atoms with van der Waals surface area (Å²) in [5.74, 6) is 0. The first-order chi connectivity index (χ1) is 8.14. The summed E-state index contributed by atoms with van der Waals surface area (Å²) in [7, 11) is 0. The molecule has 1 N–H and O–H groups in total. The lowest BCUT2D eigenvalue weighted by molar-refractivity contribution is 0.0250.